The van der Waals surface area contributed by atoms with Crippen LogP contribution in [0.4, 0.5) is 4.39 Å². The van der Waals surface area contributed by atoms with Crippen LogP contribution in [-0.2, 0) is 25.9 Å². The molecular formula is C20H24FNO3S. The van der Waals surface area contributed by atoms with E-state index in [2.05, 4.69) is 4.72 Å². The number of rotatable bonds is 6. The molecule has 140 valence electrons. The third kappa shape index (κ3) is 4.69. The molecule has 3 rings (SSSR count). The van der Waals surface area contributed by atoms with E-state index in [-0.39, 0.29) is 23.5 Å². The second kappa shape index (κ2) is 7.86. The summed E-state index contributed by atoms with van der Waals surface area (Å²) >= 11 is 0. The van der Waals surface area contributed by atoms with E-state index in [1.54, 1.807) is 12.1 Å². The van der Waals surface area contributed by atoms with E-state index >= 15 is 0 Å². The lowest BCUT2D eigenvalue weighted by Gasteiger charge is -2.38. The first-order valence-corrected chi connectivity index (χ1v) is 10.4. The highest BCUT2D eigenvalue weighted by atomic mass is 32.2. The molecule has 0 bridgehead atoms. The van der Waals surface area contributed by atoms with Crippen LogP contribution >= 0.6 is 0 Å². The zero-order chi connectivity index (χ0) is 18.6. The fourth-order valence-electron chi connectivity index (χ4n) is 3.45. The van der Waals surface area contributed by atoms with Crippen LogP contribution in [0, 0.1) is 12.7 Å². The molecule has 0 saturated carbocycles. The normalized spacial score (nSPS) is 17.2. The second-order valence-electron chi connectivity index (χ2n) is 6.97. The van der Waals surface area contributed by atoms with Crippen molar-refractivity contribution in [2.24, 2.45) is 0 Å². The SMILES string of the molecule is Cc1cccc(CS(=O)(=O)NCC2(c3ccc(F)cc3)CCOCC2)c1. The molecule has 0 spiro atoms. The Morgan fingerprint density at radius 2 is 1.81 bits per heavy atom. The zero-order valence-corrected chi connectivity index (χ0v) is 15.7. The molecule has 26 heavy (non-hydrogen) atoms. The van der Waals surface area contributed by atoms with Crippen LogP contribution in [0.1, 0.15) is 29.5 Å². The van der Waals surface area contributed by atoms with Gasteiger partial charge in [0, 0.05) is 25.2 Å². The third-order valence-corrected chi connectivity index (χ3v) is 6.27. The van der Waals surface area contributed by atoms with Gasteiger partial charge in [-0.1, -0.05) is 42.0 Å². The van der Waals surface area contributed by atoms with Gasteiger partial charge in [-0.3, -0.25) is 0 Å². The van der Waals surface area contributed by atoms with Gasteiger partial charge in [-0.25, -0.2) is 17.5 Å². The molecule has 0 atom stereocenters. The van der Waals surface area contributed by atoms with E-state index in [4.69, 9.17) is 4.74 Å². The Kier molecular flexibility index (Phi) is 5.75. The minimum Gasteiger partial charge on any atom is -0.381 e. The molecule has 1 aliphatic rings. The molecule has 4 nitrogen and oxygen atoms in total. The molecule has 0 aliphatic carbocycles. The van der Waals surface area contributed by atoms with Gasteiger partial charge in [-0.05, 0) is 43.0 Å². The summed E-state index contributed by atoms with van der Waals surface area (Å²) in [7, 11) is -3.47. The summed E-state index contributed by atoms with van der Waals surface area (Å²) in [5.41, 5.74) is 2.37. The van der Waals surface area contributed by atoms with Crippen LogP contribution in [0.15, 0.2) is 48.5 Å². The summed E-state index contributed by atoms with van der Waals surface area (Å²) in [5, 5.41) is 0. The average Bonchev–Trinajstić information content (AvgIpc) is 2.61. The highest BCUT2D eigenvalue weighted by Gasteiger charge is 2.35. The predicted molar refractivity (Wildman–Crippen MR) is 99.9 cm³/mol. The van der Waals surface area contributed by atoms with E-state index in [1.807, 2.05) is 31.2 Å². The van der Waals surface area contributed by atoms with E-state index in [1.165, 1.54) is 12.1 Å². The molecule has 0 radical (unpaired) electrons. The smallest absolute Gasteiger partial charge is 0.215 e. The quantitative estimate of drug-likeness (QED) is 0.840. The van der Waals surface area contributed by atoms with Crippen molar-refractivity contribution in [1.29, 1.82) is 0 Å². The number of hydrogen-bond acceptors (Lipinski definition) is 3. The fraction of sp³-hybridized carbons (Fsp3) is 0.400. The van der Waals surface area contributed by atoms with Gasteiger partial charge in [-0.15, -0.1) is 0 Å². The lowest BCUT2D eigenvalue weighted by Crippen LogP contribution is -2.44. The summed E-state index contributed by atoms with van der Waals surface area (Å²) in [6.07, 6.45) is 1.40. The van der Waals surface area contributed by atoms with Gasteiger partial charge < -0.3 is 4.74 Å². The van der Waals surface area contributed by atoms with Crippen LogP contribution in [0.2, 0.25) is 0 Å². The van der Waals surface area contributed by atoms with Crippen LogP contribution in [0.25, 0.3) is 0 Å². The lowest BCUT2D eigenvalue weighted by atomic mass is 9.74. The lowest BCUT2D eigenvalue weighted by molar-refractivity contribution is 0.0517. The average molecular weight is 377 g/mol. The molecule has 1 fully saturated rings. The number of sulfonamides is 1. The molecule has 0 amide bonds. The Bertz CT molecular complexity index is 844. The molecule has 1 heterocycles. The highest BCUT2D eigenvalue weighted by molar-refractivity contribution is 7.88. The maximum atomic E-state index is 13.3. The first-order chi connectivity index (χ1) is 12.4. The van der Waals surface area contributed by atoms with Crippen LogP contribution in [0.5, 0.6) is 0 Å². The van der Waals surface area contributed by atoms with Gasteiger partial charge in [0.25, 0.3) is 0 Å². The van der Waals surface area contributed by atoms with Gasteiger partial charge in [0.15, 0.2) is 0 Å². The molecule has 0 unspecified atom stereocenters. The van der Waals surface area contributed by atoms with E-state index < -0.39 is 10.0 Å². The van der Waals surface area contributed by atoms with Crippen molar-refractivity contribution in [3.8, 4) is 0 Å². The molecule has 6 heteroatoms. The highest BCUT2D eigenvalue weighted by Crippen LogP contribution is 2.34. The van der Waals surface area contributed by atoms with Gasteiger partial charge in [0.1, 0.15) is 5.82 Å². The third-order valence-electron chi connectivity index (χ3n) is 4.98. The molecule has 1 aliphatic heterocycles. The summed E-state index contributed by atoms with van der Waals surface area (Å²) in [6.45, 7) is 3.36. The first-order valence-electron chi connectivity index (χ1n) is 8.75. The molecule has 1 saturated heterocycles. The van der Waals surface area contributed by atoms with Crippen molar-refractivity contribution in [2.75, 3.05) is 19.8 Å². The standard InChI is InChI=1S/C20H24FNO3S/c1-16-3-2-4-17(13-16)14-26(23,24)22-15-20(9-11-25-12-10-20)18-5-7-19(21)8-6-18/h2-8,13,22H,9-12,14-15H2,1H3. The van der Waals surface area contributed by atoms with Crippen molar-refractivity contribution in [3.63, 3.8) is 0 Å². The summed E-state index contributed by atoms with van der Waals surface area (Å²) in [4.78, 5) is 0. The zero-order valence-electron chi connectivity index (χ0n) is 14.9. The summed E-state index contributed by atoms with van der Waals surface area (Å²) in [5.74, 6) is -0.346. The number of halogens is 1. The summed E-state index contributed by atoms with van der Waals surface area (Å²) in [6, 6.07) is 13.8. The Morgan fingerprint density at radius 1 is 1.12 bits per heavy atom. The number of aryl methyl sites for hydroxylation is 1. The second-order valence-corrected chi connectivity index (χ2v) is 8.78. The van der Waals surface area contributed by atoms with Crippen LogP contribution in [0.3, 0.4) is 0 Å². The number of ether oxygens (including phenoxy) is 1. The molecular weight excluding hydrogens is 353 g/mol. The minimum absolute atomic E-state index is 0.0509. The number of hydrogen-bond donors (Lipinski definition) is 1. The Balaban J connectivity index is 1.76. The summed E-state index contributed by atoms with van der Waals surface area (Å²) < 4.78 is 46.7. The fourth-order valence-corrected chi connectivity index (χ4v) is 4.67. The maximum Gasteiger partial charge on any atom is 0.215 e. The Labute approximate surface area is 154 Å². The van der Waals surface area contributed by atoms with E-state index in [0.29, 0.717) is 26.1 Å². The number of benzene rings is 2. The van der Waals surface area contributed by atoms with Gasteiger partial charge in [0.2, 0.25) is 10.0 Å². The van der Waals surface area contributed by atoms with Gasteiger partial charge in [0.05, 0.1) is 5.75 Å². The number of nitrogens with one attached hydrogen (secondary N) is 1. The van der Waals surface area contributed by atoms with Crippen molar-refractivity contribution in [1.82, 2.24) is 4.72 Å². The van der Waals surface area contributed by atoms with Crippen molar-refractivity contribution in [3.05, 3.63) is 71.0 Å². The first kappa shape index (κ1) is 19.0. The largest absolute Gasteiger partial charge is 0.381 e. The molecule has 2 aromatic carbocycles. The molecule has 1 N–H and O–H groups in total. The van der Waals surface area contributed by atoms with Crippen molar-refractivity contribution < 1.29 is 17.5 Å². The Hall–Kier alpha value is -1.76. The van der Waals surface area contributed by atoms with Crippen molar-refractivity contribution >= 4 is 10.0 Å². The Morgan fingerprint density at radius 3 is 2.46 bits per heavy atom. The van der Waals surface area contributed by atoms with Gasteiger partial charge in [-0.2, -0.15) is 0 Å². The predicted octanol–water partition coefficient (Wildman–Crippen LogP) is 3.30. The van der Waals surface area contributed by atoms with Gasteiger partial charge >= 0.3 is 0 Å². The monoisotopic (exact) mass is 377 g/mol. The van der Waals surface area contributed by atoms with Crippen molar-refractivity contribution in [2.45, 2.75) is 30.9 Å². The minimum atomic E-state index is -3.47. The topological polar surface area (TPSA) is 55.4 Å². The van der Waals surface area contributed by atoms with Crippen LogP contribution < -0.4 is 4.72 Å². The van der Waals surface area contributed by atoms with Crippen LogP contribution in [-0.4, -0.2) is 28.2 Å². The van der Waals surface area contributed by atoms with E-state index in [0.717, 1.165) is 16.7 Å². The molecule has 2 aromatic rings. The van der Waals surface area contributed by atoms with E-state index in [9.17, 15) is 12.8 Å². The molecule has 0 aromatic heterocycles. The maximum absolute atomic E-state index is 13.3.